The van der Waals surface area contributed by atoms with Gasteiger partial charge in [0.1, 0.15) is 5.82 Å². The zero-order valence-corrected chi connectivity index (χ0v) is 9.02. The SMILES string of the molecule is CC(Nc1ccccc1F)c1ccncc1. The Balaban J connectivity index is 2.14. The molecule has 1 atom stereocenters. The first-order valence-corrected chi connectivity index (χ1v) is 5.18. The van der Waals surface area contributed by atoms with Gasteiger partial charge in [-0.25, -0.2) is 4.39 Å². The summed E-state index contributed by atoms with van der Waals surface area (Å²) in [6.45, 7) is 1.99. The molecule has 2 rings (SSSR count). The lowest BCUT2D eigenvalue weighted by Gasteiger charge is -2.15. The average molecular weight is 216 g/mol. The molecule has 0 aliphatic rings. The van der Waals surface area contributed by atoms with Crippen molar-refractivity contribution in [2.75, 3.05) is 5.32 Å². The fourth-order valence-corrected chi connectivity index (χ4v) is 1.55. The first-order chi connectivity index (χ1) is 7.77. The normalized spacial score (nSPS) is 12.1. The Morgan fingerprint density at radius 1 is 1.12 bits per heavy atom. The number of para-hydroxylation sites is 1. The summed E-state index contributed by atoms with van der Waals surface area (Å²) >= 11 is 0. The Bertz CT molecular complexity index is 456. The molecule has 3 heteroatoms. The Kier molecular flexibility index (Phi) is 3.15. The molecule has 0 aliphatic heterocycles. The quantitative estimate of drug-likeness (QED) is 0.850. The molecule has 1 N–H and O–H groups in total. The van der Waals surface area contributed by atoms with Gasteiger partial charge in [-0.2, -0.15) is 0 Å². The lowest BCUT2D eigenvalue weighted by atomic mass is 10.1. The number of hydrogen-bond donors (Lipinski definition) is 1. The highest BCUT2D eigenvalue weighted by molar-refractivity contribution is 5.46. The highest BCUT2D eigenvalue weighted by atomic mass is 19.1. The second-order valence-corrected chi connectivity index (χ2v) is 3.63. The molecule has 0 bridgehead atoms. The lowest BCUT2D eigenvalue weighted by Crippen LogP contribution is -2.07. The number of benzene rings is 1. The Hall–Kier alpha value is -1.90. The molecule has 82 valence electrons. The molecular formula is C13H13FN2. The topological polar surface area (TPSA) is 24.9 Å². The molecular weight excluding hydrogens is 203 g/mol. The Morgan fingerprint density at radius 2 is 1.81 bits per heavy atom. The maximum absolute atomic E-state index is 13.4. The molecule has 2 nitrogen and oxygen atoms in total. The highest BCUT2D eigenvalue weighted by Crippen LogP contribution is 2.20. The van der Waals surface area contributed by atoms with Gasteiger partial charge in [-0.05, 0) is 36.8 Å². The number of aromatic nitrogens is 1. The van der Waals surface area contributed by atoms with Gasteiger partial charge < -0.3 is 5.32 Å². The predicted octanol–water partition coefficient (Wildman–Crippen LogP) is 3.39. The van der Waals surface area contributed by atoms with E-state index in [2.05, 4.69) is 10.3 Å². The van der Waals surface area contributed by atoms with Crippen LogP contribution in [0.25, 0.3) is 0 Å². The first kappa shape index (κ1) is 10.6. The van der Waals surface area contributed by atoms with E-state index in [1.54, 1.807) is 24.5 Å². The summed E-state index contributed by atoms with van der Waals surface area (Å²) in [5.41, 5.74) is 1.60. The van der Waals surface area contributed by atoms with Crippen molar-refractivity contribution in [1.29, 1.82) is 0 Å². The van der Waals surface area contributed by atoms with Gasteiger partial charge in [0.2, 0.25) is 0 Å². The summed E-state index contributed by atoms with van der Waals surface area (Å²) in [7, 11) is 0. The summed E-state index contributed by atoms with van der Waals surface area (Å²) in [6.07, 6.45) is 3.46. The first-order valence-electron chi connectivity index (χ1n) is 5.18. The molecule has 16 heavy (non-hydrogen) atoms. The van der Waals surface area contributed by atoms with Crippen LogP contribution in [0.3, 0.4) is 0 Å². The fourth-order valence-electron chi connectivity index (χ4n) is 1.55. The Labute approximate surface area is 94.2 Å². The van der Waals surface area contributed by atoms with Gasteiger partial charge in [0.05, 0.1) is 5.69 Å². The molecule has 0 radical (unpaired) electrons. The predicted molar refractivity (Wildman–Crippen MR) is 62.7 cm³/mol. The van der Waals surface area contributed by atoms with Crippen LogP contribution in [0, 0.1) is 5.82 Å². The molecule has 0 saturated heterocycles. The third-order valence-corrected chi connectivity index (χ3v) is 2.45. The second kappa shape index (κ2) is 4.75. The third-order valence-electron chi connectivity index (χ3n) is 2.45. The number of hydrogen-bond acceptors (Lipinski definition) is 2. The lowest BCUT2D eigenvalue weighted by molar-refractivity contribution is 0.627. The molecule has 2 aromatic rings. The van der Waals surface area contributed by atoms with Crippen LogP contribution >= 0.6 is 0 Å². The number of rotatable bonds is 3. The van der Waals surface area contributed by atoms with Crippen molar-refractivity contribution in [2.24, 2.45) is 0 Å². The van der Waals surface area contributed by atoms with E-state index in [-0.39, 0.29) is 11.9 Å². The van der Waals surface area contributed by atoms with Crippen molar-refractivity contribution in [2.45, 2.75) is 13.0 Å². The number of anilines is 1. The third kappa shape index (κ3) is 2.37. The van der Waals surface area contributed by atoms with E-state index < -0.39 is 0 Å². The highest BCUT2D eigenvalue weighted by Gasteiger charge is 2.07. The van der Waals surface area contributed by atoms with Crippen LogP contribution in [0.5, 0.6) is 0 Å². The van der Waals surface area contributed by atoms with Gasteiger partial charge in [0.25, 0.3) is 0 Å². The number of nitrogens with one attached hydrogen (secondary N) is 1. The van der Waals surface area contributed by atoms with Gasteiger partial charge in [-0.1, -0.05) is 12.1 Å². The smallest absolute Gasteiger partial charge is 0.146 e. The van der Waals surface area contributed by atoms with Crippen LogP contribution in [-0.4, -0.2) is 4.98 Å². The van der Waals surface area contributed by atoms with E-state index >= 15 is 0 Å². The molecule has 0 aliphatic carbocycles. The second-order valence-electron chi connectivity index (χ2n) is 3.63. The van der Waals surface area contributed by atoms with Crippen molar-refractivity contribution in [3.63, 3.8) is 0 Å². The van der Waals surface area contributed by atoms with Crippen molar-refractivity contribution in [1.82, 2.24) is 4.98 Å². The van der Waals surface area contributed by atoms with Crippen LogP contribution in [0.1, 0.15) is 18.5 Å². The molecule has 1 unspecified atom stereocenters. The van der Waals surface area contributed by atoms with E-state index in [1.165, 1.54) is 6.07 Å². The van der Waals surface area contributed by atoms with Gasteiger partial charge in [-0.15, -0.1) is 0 Å². The van der Waals surface area contributed by atoms with Crippen molar-refractivity contribution < 1.29 is 4.39 Å². The van der Waals surface area contributed by atoms with Crippen LogP contribution in [-0.2, 0) is 0 Å². The monoisotopic (exact) mass is 216 g/mol. The summed E-state index contributed by atoms with van der Waals surface area (Å²) in [5.74, 6) is -0.233. The molecule has 1 heterocycles. The maximum Gasteiger partial charge on any atom is 0.146 e. The van der Waals surface area contributed by atoms with Crippen LogP contribution in [0.4, 0.5) is 10.1 Å². The summed E-state index contributed by atoms with van der Waals surface area (Å²) in [4.78, 5) is 3.95. The summed E-state index contributed by atoms with van der Waals surface area (Å²) < 4.78 is 13.4. The minimum absolute atomic E-state index is 0.0555. The molecule has 0 fully saturated rings. The van der Waals surface area contributed by atoms with E-state index in [0.717, 1.165) is 5.56 Å². The van der Waals surface area contributed by atoms with Gasteiger partial charge in [0, 0.05) is 18.4 Å². The number of pyridine rings is 1. The zero-order chi connectivity index (χ0) is 11.4. The fraction of sp³-hybridized carbons (Fsp3) is 0.154. The molecule has 0 spiro atoms. The van der Waals surface area contributed by atoms with Gasteiger partial charge in [0.15, 0.2) is 0 Å². The van der Waals surface area contributed by atoms with Crippen molar-refractivity contribution in [3.8, 4) is 0 Å². The number of nitrogens with zero attached hydrogens (tertiary/aromatic N) is 1. The standard InChI is InChI=1S/C13H13FN2/c1-10(11-6-8-15-9-7-11)16-13-5-3-2-4-12(13)14/h2-10,16H,1H3. The summed E-state index contributed by atoms with van der Waals surface area (Å²) in [5, 5.41) is 3.12. The van der Waals surface area contributed by atoms with Crippen LogP contribution in [0.2, 0.25) is 0 Å². The largest absolute Gasteiger partial charge is 0.376 e. The minimum Gasteiger partial charge on any atom is -0.376 e. The van der Waals surface area contributed by atoms with E-state index in [9.17, 15) is 4.39 Å². The Morgan fingerprint density at radius 3 is 2.50 bits per heavy atom. The van der Waals surface area contributed by atoms with E-state index in [0.29, 0.717) is 5.69 Å². The van der Waals surface area contributed by atoms with Crippen LogP contribution in [0.15, 0.2) is 48.8 Å². The molecule has 0 amide bonds. The zero-order valence-electron chi connectivity index (χ0n) is 9.02. The van der Waals surface area contributed by atoms with Gasteiger partial charge in [-0.3, -0.25) is 4.98 Å². The van der Waals surface area contributed by atoms with Crippen molar-refractivity contribution in [3.05, 3.63) is 60.2 Å². The van der Waals surface area contributed by atoms with Gasteiger partial charge >= 0.3 is 0 Å². The minimum atomic E-state index is -0.233. The molecule has 1 aromatic heterocycles. The molecule has 0 saturated carbocycles. The maximum atomic E-state index is 13.4. The number of halogens is 1. The summed E-state index contributed by atoms with van der Waals surface area (Å²) in [6, 6.07) is 10.5. The molecule has 1 aromatic carbocycles. The van der Waals surface area contributed by atoms with Crippen molar-refractivity contribution >= 4 is 5.69 Å². The van der Waals surface area contributed by atoms with E-state index in [1.807, 2.05) is 25.1 Å². The average Bonchev–Trinajstić information content (AvgIpc) is 2.33. The van der Waals surface area contributed by atoms with Crippen LogP contribution < -0.4 is 5.32 Å². The van der Waals surface area contributed by atoms with E-state index in [4.69, 9.17) is 0 Å².